The van der Waals surface area contributed by atoms with Crippen molar-refractivity contribution in [3.63, 3.8) is 0 Å². The molecule has 0 heterocycles. The van der Waals surface area contributed by atoms with Gasteiger partial charge in [0.25, 0.3) is 0 Å². The van der Waals surface area contributed by atoms with Gasteiger partial charge in [-0.25, -0.2) is 8.42 Å². The second-order valence-corrected chi connectivity index (χ2v) is 8.90. The second kappa shape index (κ2) is 9.74. The van der Waals surface area contributed by atoms with Gasteiger partial charge in [-0.2, -0.15) is 4.72 Å². The van der Waals surface area contributed by atoms with Gasteiger partial charge in [0.15, 0.2) is 0 Å². The predicted octanol–water partition coefficient (Wildman–Crippen LogP) is 2.97. The van der Waals surface area contributed by atoms with E-state index in [1.807, 2.05) is 6.07 Å². The molecule has 4 N–H and O–H groups in total. The molecule has 9 heteroatoms. The highest BCUT2D eigenvalue weighted by Crippen LogP contribution is 2.16. The molecular formula is C22H20ClN3O4S. The fourth-order valence-electron chi connectivity index (χ4n) is 2.85. The summed E-state index contributed by atoms with van der Waals surface area (Å²) in [6, 6.07) is 19.6. The number of hydrogen-bond donors (Lipinski definition) is 3. The van der Waals surface area contributed by atoms with Crippen molar-refractivity contribution in [1.82, 2.24) is 4.72 Å². The Bertz CT molecular complexity index is 1170. The Balaban J connectivity index is 1.83. The minimum absolute atomic E-state index is 0.00595. The van der Waals surface area contributed by atoms with Crippen molar-refractivity contribution in [3.05, 3.63) is 95.0 Å². The Morgan fingerprint density at radius 1 is 0.903 bits per heavy atom. The molecule has 3 aromatic rings. The number of primary amides is 1. The number of rotatable bonds is 8. The van der Waals surface area contributed by atoms with Crippen LogP contribution in [0.2, 0.25) is 5.02 Å². The molecule has 0 spiro atoms. The van der Waals surface area contributed by atoms with Crippen molar-refractivity contribution in [2.24, 2.45) is 5.73 Å². The number of carbonyl (C=O) groups is 2. The predicted molar refractivity (Wildman–Crippen MR) is 119 cm³/mol. The maximum Gasteiger partial charge on any atom is 0.248 e. The van der Waals surface area contributed by atoms with Gasteiger partial charge in [-0.3, -0.25) is 9.59 Å². The molecule has 160 valence electrons. The lowest BCUT2D eigenvalue weighted by Gasteiger charge is -2.19. The Kier molecular flexibility index (Phi) is 7.06. The lowest BCUT2D eigenvalue weighted by molar-refractivity contribution is -0.117. The molecule has 7 nitrogen and oxygen atoms in total. The highest BCUT2D eigenvalue weighted by Gasteiger charge is 2.26. The monoisotopic (exact) mass is 457 g/mol. The molecule has 3 aromatic carbocycles. The Morgan fingerprint density at radius 2 is 1.52 bits per heavy atom. The molecule has 0 aliphatic carbocycles. The van der Waals surface area contributed by atoms with Gasteiger partial charge in [0, 0.05) is 16.3 Å². The molecule has 0 fully saturated rings. The van der Waals surface area contributed by atoms with Crippen LogP contribution < -0.4 is 15.8 Å². The van der Waals surface area contributed by atoms with E-state index in [4.69, 9.17) is 17.3 Å². The van der Waals surface area contributed by atoms with Crippen molar-refractivity contribution in [3.8, 4) is 0 Å². The van der Waals surface area contributed by atoms with Gasteiger partial charge in [-0.1, -0.05) is 41.9 Å². The zero-order chi connectivity index (χ0) is 22.4. The topological polar surface area (TPSA) is 118 Å². The molecule has 31 heavy (non-hydrogen) atoms. The largest absolute Gasteiger partial charge is 0.366 e. The van der Waals surface area contributed by atoms with Crippen LogP contribution in [-0.2, 0) is 21.2 Å². The van der Waals surface area contributed by atoms with Crippen LogP contribution in [0.3, 0.4) is 0 Å². The fraction of sp³-hybridized carbons (Fsp3) is 0.0909. The third-order valence-electron chi connectivity index (χ3n) is 4.46. The second-order valence-electron chi connectivity index (χ2n) is 6.75. The van der Waals surface area contributed by atoms with Crippen LogP contribution in [0.5, 0.6) is 0 Å². The van der Waals surface area contributed by atoms with Gasteiger partial charge in [-0.05, 0) is 60.5 Å². The number of hydrogen-bond acceptors (Lipinski definition) is 4. The van der Waals surface area contributed by atoms with Gasteiger partial charge in [-0.15, -0.1) is 0 Å². The summed E-state index contributed by atoms with van der Waals surface area (Å²) in [7, 11) is -3.98. The maximum atomic E-state index is 12.9. The molecular weight excluding hydrogens is 438 g/mol. The van der Waals surface area contributed by atoms with E-state index in [2.05, 4.69) is 10.0 Å². The molecule has 0 saturated carbocycles. The van der Waals surface area contributed by atoms with Gasteiger partial charge < -0.3 is 11.1 Å². The quantitative estimate of drug-likeness (QED) is 0.481. The summed E-state index contributed by atoms with van der Waals surface area (Å²) in [6.45, 7) is 0. The Hall–Kier alpha value is -3.20. The van der Waals surface area contributed by atoms with Crippen LogP contribution >= 0.6 is 11.6 Å². The third-order valence-corrected chi connectivity index (χ3v) is 6.20. The van der Waals surface area contributed by atoms with E-state index >= 15 is 0 Å². The maximum absolute atomic E-state index is 12.9. The van der Waals surface area contributed by atoms with Crippen LogP contribution in [0.25, 0.3) is 0 Å². The summed E-state index contributed by atoms with van der Waals surface area (Å²) in [6.07, 6.45) is 0.138. The standard InChI is InChI=1S/C22H20ClN3O4S/c23-17-8-12-19(13-9-17)31(29,30)26-20(14-15-4-2-1-3-5-15)22(28)25-18-10-6-16(7-11-18)21(24)27/h1-13,20,26H,14H2,(H2,24,27)(H,25,28)/t20-/m1/s1. The molecule has 0 bridgehead atoms. The van der Waals surface area contributed by atoms with Crippen molar-refractivity contribution < 1.29 is 18.0 Å². The van der Waals surface area contributed by atoms with Gasteiger partial charge >= 0.3 is 0 Å². The number of carbonyl (C=O) groups excluding carboxylic acids is 2. The van der Waals surface area contributed by atoms with Crippen molar-refractivity contribution in [2.45, 2.75) is 17.4 Å². The SMILES string of the molecule is NC(=O)c1ccc(NC(=O)[C@@H](Cc2ccccc2)NS(=O)(=O)c2ccc(Cl)cc2)cc1. The summed E-state index contributed by atoms with van der Waals surface area (Å²) in [5.41, 5.74) is 6.70. The van der Waals surface area contributed by atoms with E-state index < -0.39 is 27.9 Å². The molecule has 0 aromatic heterocycles. The summed E-state index contributed by atoms with van der Waals surface area (Å²) in [4.78, 5) is 24.2. The number of amides is 2. The van der Waals surface area contributed by atoms with E-state index in [1.165, 1.54) is 48.5 Å². The van der Waals surface area contributed by atoms with E-state index in [0.29, 0.717) is 16.3 Å². The first kappa shape index (κ1) is 22.5. The van der Waals surface area contributed by atoms with Crippen LogP contribution in [0.15, 0.2) is 83.8 Å². The Labute approximate surface area is 185 Å². The highest BCUT2D eigenvalue weighted by molar-refractivity contribution is 7.89. The van der Waals surface area contributed by atoms with Crippen molar-refractivity contribution in [2.75, 3.05) is 5.32 Å². The van der Waals surface area contributed by atoms with Crippen molar-refractivity contribution in [1.29, 1.82) is 0 Å². The molecule has 0 aliphatic heterocycles. The average molecular weight is 458 g/mol. The first-order valence-electron chi connectivity index (χ1n) is 9.27. The molecule has 0 radical (unpaired) electrons. The van der Waals surface area contributed by atoms with E-state index in [9.17, 15) is 18.0 Å². The summed E-state index contributed by atoms with van der Waals surface area (Å²) >= 11 is 5.84. The number of nitrogens with two attached hydrogens (primary N) is 1. The van der Waals surface area contributed by atoms with Crippen LogP contribution in [0.1, 0.15) is 15.9 Å². The van der Waals surface area contributed by atoms with Crippen LogP contribution in [-0.4, -0.2) is 26.3 Å². The molecule has 0 saturated heterocycles. The molecule has 0 aliphatic rings. The molecule has 2 amide bonds. The number of anilines is 1. The minimum atomic E-state index is -3.98. The van der Waals surface area contributed by atoms with Gasteiger partial charge in [0.1, 0.15) is 6.04 Å². The summed E-state index contributed by atoms with van der Waals surface area (Å²) in [5, 5.41) is 3.07. The smallest absolute Gasteiger partial charge is 0.248 e. The van der Waals surface area contributed by atoms with Gasteiger partial charge in [0.05, 0.1) is 4.90 Å². The summed E-state index contributed by atoms with van der Waals surface area (Å²) in [5.74, 6) is -1.14. The van der Waals surface area contributed by atoms with Crippen LogP contribution in [0.4, 0.5) is 5.69 Å². The number of sulfonamides is 1. The zero-order valence-corrected chi connectivity index (χ0v) is 17.9. The first-order valence-corrected chi connectivity index (χ1v) is 11.1. The molecule has 1 atom stereocenters. The Morgan fingerprint density at radius 3 is 2.10 bits per heavy atom. The normalized spacial score (nSPS) is 12.2. The summed E-state index contributed by atoms with van der Waals surface area (Å²) < 4.78 is 28.1. The number of benzene rings is 3. The number of halogens is 1. The minimum Gasteiger partial charge on any atom is -0.366 e. The number of nitrogens with one attached hydrogen (secondary N) is 2. The van der Waals surface area contributed by atoms with Crippen molar-refractivity contribution >= 4 is 39.1 Å². The van der Waals surface area contributed by atoms with E-state index in [-0.39, 0.29) is 11.3 Å². The van der Waals surface area contributed by atoms with Gasteiger partial charge in [0.2, 0.25) is 21.8 Å². The first-order chi connectivity index (χ1) is 14.7. The average Bonchev–Trinajstić information content (AvgIpc) is 2.74. The van der Waals surface area contributed by atoms with Crippen LogP contribution in [0, 0.1) is 0 Å². The zero-order valence-electron chi connectivity index (χ0n) is 16.3. The molecule has 3 rings (SSSR count). The highest BCUT2D eigenvalue weighted by atomic mass is 35.5. The fourth-order valence-corrected chi connectivity index (χ4v) is 4.18. The van der Waals surface area contributed by atoms with E-state index in [1.54, 1.807) is 24.3 Å². The lowest BCUT2D eigenvalue weighted by Crippen LogP contribution is -2.45. The van der Waals surface area contributed by atoms with E-state index in [0.717, 1.165) is 5.56 Å². The molecule has 0 unspecified atom stereocenters. The third kappa shape index (κ3) is 6.14. The lowest BCUT2D eigenvalue weighted by atomic mass is 10.1.